The molecule has 0 heterocycles. The normalized spacial score (nSPS) is 10.6. The summed E-state index contributed by atoms with van der Waals surface area (Å²) in [4.78, 5) is 24.2. The molecule has 120 valence electrons. The van der Waals surface area contributed by atoms with Crippen LogP contribution in [0.15, 0.2) is 54.6 Å². The van der Waals surface area contributed by atoms with Gasteiger partial charge in [0.05, 0.1) is 12.2 Å². The van der Waals surface area contributed by atoms with E-state index in [1.165, 1.54) is 0 Å². The molecule has 3 nitrogen and oxygen atoms in total. The van der Waals surface area contributed by atoms with Crippen LogP contribution in [0.2, 0.25) is 0 Å². The lowest BCUT2D eigenvalue weighted by atomic mass is 10.0. The molecule has 0 aliphatic rings. The summed E-state index contributed by atoms with van der Waals surface area (Å²) in [6.07, 6.45) is 1.91. The van der Waals surface area contributed by atoms with Crippen LogP contribution in [-0.4, -0.2) is 18.4 Å². The van der Waals surface area contributed by atoms with E-state index in [9.17, 15) is 9.59 Å². The fourth-order valence-electron chi connectivity index (χ4n) is 2.25. The third-order valence-electron chi connectivity index (χ3n) is 3.58. The molecule has 0 saturated heterocycles. The summed E-state index contributed by atoms with van der Waals surface area (Å²) in [6.45, 7) is 4.72. The number of hydrogen-bond donors (Lipinski definition) is 0. The van der Waals surface area contributed by atoms with Crippen molar-refractivity contribution in [2.45, 2.75) is 26.7 Å². The van der Waals surface area contributed by atoms with Gasteiger partial charge in [0.2, 0.25) is 0 Å². The molecule has 0 aliphatic carbocycles. The van der Waals surface area contributed by atoms with Crippen LogP contribution in [0.3, 0.4) is 0 Å². The second-order valence-electron chi connectivity index (χ2n) is 5.94. The van der Waals surface area contributed by atoms with Crippen molar-refractivity contribution < 1.29 is 14.3 Å². The molecule has 0 N–H and O–H groups in total. The molecular weight excluding hydrogens is 288 g/mol. The number of carbonyl (C=O) groups excluding carboxylic acids is 2. The van der Waals surface area contributed by atoms with Crippen molar-refractivity contribution in [3.63, 3.8) is 0 Å². The van der Waals surface area contributed by atoms with Crippen molar-refractivity contribution in [2.75, 3.05) is 6.61 Å². The Kier molecular flexibility index (Phi) is 6.10. The van der Waals surface area contributed by atoms with Crippen LogP contribution in [0.1, 0.15) is 53.0 Å². The summed E-state index contributed by atoms with van der Waals surface area (Å²) in [6, 6.07) is 15.7. The molecule has 0 bridgehead atoms. The number of ether oxygens (including phenoxy) is 1. The Morgan fingerprint density at radius 1 is 0.870 bits per heavy atom. The van der Waals surface area contributed by atoms with Crippen molar-refractivity contribution in [1.82, 2.24) is 0 Å². The Morgan fingerprint density at radius 2 is 1.43 bits per heavy atom. The van der Waals surface area contributed by atoms with Gasteiger partial charge < -0.3 is 4.74 Å². The first-order valence-electron chi connectivity index (χ1n) is 7.95. The highest BCUT2D eigenvalue weighted by atomic mass is 16.5. The molecule has 0 aromatic heterocycles. The zero-order chi connectivity index (χ0) is 16.7. The molecule has 23 heavy (non-hydrogen) atoms. The van der Waals surface area contributed by atoms with Gasteiger partial charge in [-0.25, -0.2) is 4.79 Å². The first-order chi connectivity index (χ1) is 11.1. The third-order valence-corrected chi connectivity index (χ3v) is 3.58. The standard InChI is InChI=1S/C20H22O3/c1-15(2)7-6-14-23-20(22)18-12-10-17(11-13-18)19(21)16-8-4-3-5-9-16/h3-5,8-13,15H,6-7,14H2,1-2H3. The van der Waals surface area contributed by atoms with Crippen LogP contribution in [-0.2, 0) is 4.74 Å². The molecule has 0 radical (unpaired) electrons. The molecule has 0 amide bonds. The van der Waals surface area contributed by atoms with Crippen LogP contribution < -0.4 is 0 Å². The lowest BCUT2D eigenvalue weighted by Crippen LogP contribution is -2.08. The van der Waals surface area contributed by atoms with Gasteiger partial charge in [-0.15, -0.1) is 0 Å². The van der Waals surface area contributed by atoms with Crippen molar-refractivity contribution in [3.8, 4) is 0 Å². The topological polar surface area (TPSA) is 43.4 Å². The fourth-order valence-corrected chi connectivity index (χ4v) is 2.25. The molecule has 0 atom stereocenters. The number of carbonyl (C=O) groups is 2. The van der Waals surface area contributed by atoms with Crippen LogP contribution in [0, 0.1) is 5.92 Å². The van der Waals surface area contributed by atoms with E-state index in [1.807, 2.05) is 18.2 Å². The number of hydrogen-bond acceptors (Lipinski definition) is 3. The van der Waals surface area contributed by atoms with Gasteiger partial charge in [-0.05, 0) is 30.9 Å². The van der Waals surface area contributed by atoms with Crippen LogP contribution in [0.5, 0.6) is 0 Å². The maximum absolute atomic E-state index is 12.3. The lowest BCUT2D eigenvalue weighted by molar-refractivity contribution is 0.0494. The van der Waals surface area contributed by atoms with E-state index >= 15 is 0 Å². The van der Waals surface area contributed by atoms with Gasteiger partial charge in [0.1, 0.15) is 0 Å². The number of benzene rings is 2. The van der Waals surface area contributed by atoms with Gasteiger partial charge in [-0.2, -0.15) is 0 Å². The van der Waals surface area contributed by atoms with Crippen LogP contribution >= 0.6 is 0 Å². The van der Waals surface area contributed by atoms with E-state index < -0.39 is 0 Å². The Labute approximate surface area is 137 Å². The van der Waals surface area contributed by atoms with Gasteiger partial charge >= 0.3 is 5.97 Å². The summed E-state index contributed by atoms with van der Waals surface area (Å²) in [5.74, 6) is 0.215. The summed E-state index contributed by atoms with van der Waals surface area (Å²) < 4.78 is 5.24. The predicted molar refractivity (Wildman–Crippen MR) is 90.7 cm³/mol. The molecule has 3 heteroatoms. The summed E-state index contributed by atoms with van der Waals surface area (Å²) in [7, 11) is 0. The molecule has 2 aromatic carbocycles. The maximum atomic E-state index is 12.3. The number of ketones is 1. The summed E-state index contributed by atoms with van der Waals surface area (Å²) >= 11 is 0. The minimum atomic E-state index is -0.340. The first kappa shape index (κ1) is 16.9. The lowest BCUT2D eigenvalue weighted by Gasteiger charge is -2.07. The molecule has 2 rings (SSSR count). The van der Waals surface area contributed by atoms with Crippen molar-refractivity contribution in [3.05, 3.63) is 71.3 Å². The largest absolute Gasteiger partial charge is 0.462 e. The average Bonchev–Trinajstić information content (AvgIpc) is 2.58. The van der Waals surface area contributed by atoms with Crippen molar-refractivity contribution >= 4 is 11.8 Å². The van der Waals surface area contributed by atoms with Crippen LogP contribution in [0.4, 0.5) is 0 Å². The Hall–Kier alpha value is -2.42. The average molecular weight is 310 g/mol. The molecule has 0 spiro atoms. The van der Waals surface area contributed by atoms with Crippen LogP contribution in [0.25, 0.3) is 0 Å². The minimum absolute atomic E-state index is 0.0533. The molecule has 0 unspecified atom stereocenters. The molecule has 0 fully saturated rings. The second kappa shape index (κ2) is 8.28. The summed E-state index contributed by atoms with van der Waals surface area (Å²) in [5.41, 5.74) is 1.67. The highest BCUT2D eigenvalue weighted by Crippen LogP contribution is 2.12. The van der Waals surface area contributed by atoms with Gasteiger partial charge in [0.15, 0.2) is 5.78 Å². The van der Waals surface area contributed by atoms with Crippen molar-refractivity contribution in [1.29, 1.82) is 0 Å². The second-order valence-corrected chi connectivity index (χ2v) is 5.94. The predicted octanol–water partition coefficient (Wildman–Crippen LogP) is 4.51. The highest BCUT2D eigenvalue weighted by Gasteiger charge is 2.11. The number of esters is 1. The minimum Gasteiger partial charge on any atom is -0.462 e. The van der Waals surface area contributed by atoms with Crippen molar-refractivity contribution in [2.24, 2.45) is 5.92 Å². The molecular formula is C20H22O3. The van der Waals surface area contributed by atoms with Gasteiger partial charge in [0, 0.05) is 11.1 Å². The first-order valence-corrected chi connectivity index (χ1v) is 7.95. The SMILES string of the molecule is CC(C)CCCOC(=O)c1ccc(C(=O)c2ccccc2)cc1. The zero-order valence-electron chi connectivity index (χ0n) is 13.6. The van der Waals surface area contributed by atoms with E-state index in [-0.39, 0.29) is 11.8 Å². The monoisotopic (exact) mass is 310 g/mol. The van der Waals surface area contributed by atoms with E-state index in [2.05, 4.69) is 13.8 Å². The quantitative estimate of drug-likeness (QED) is 0.429. The third kappa shape index (κ3) is 5.06. The van der Waals surface area contributed by atoms with E-state index in [0.29, 0.717) is 29.2 Å². The smallest absolute Gasteiger partial charge is 0.338 e. The zero-order valence-corrected chi connectivity index (χ0v) is 13.6. The Bertz CT molecular complexity index is 642. The van der Waals surface area contributed by atoms with Gasteiger partial charge in [0.25, 0.3) is 0 Å². The Balaban J connectivity index is 1.94. The fraction of sp³-hybridized carbons (Fsp3) is 0.300. The number of rotatable bonds is 7. The summed E-state index contributed by atoms with van der Waals surface area (Å²) in [5, 5.41) is 0. The van der Waals surface area contributed by atoms with E-state index in [4.69, 9.17) is 4.74 Å². The van der Waals surface area contributed by atoms with E-state index in [1.54, 1.807) is 36.4 Å². The van der Waals surface area contributed by atoms with E-state index in [0.717, 1.165) is 12.8 Å². The van der Waals surface area contributed by atoms with Gasteiger partial charge in [-0.3, -0.25) is 4.79 Å². The Morgan fingerprint density at radius 3 is 2.04 bits per heavy atom. The molecule has 0 saturated carbocycles. The van der Waals surface area contributed by atoms with Gasteiger partial charge in [-0.1, -0.05) is 56.3 Å². The highest BCUT2D eigenvalue weighted by molar-refractivity contribution is 6.09. The molecule has 0 aliphatic heterocycles. The molecule has 2 aromatic rings. The maximum Gasteiger partial charge on any atom is 0.338 e.